The normalized spacial score (nSPS) is 17.9. The number of oxazole rings is 1. The van der Waals surface area contributed by atoms with E-state index in [4.69, 9.17) is 4.42 Å². The minimum Gasteiger partial charge on any atom is -0.445 e. The van der Waals surface area contributed by atoms with E-state index in [1.54, 1.807) is 6.20 Å². The van der Waals surface area contributed by atoms with Crippen molar-refractivity contribution in [2.45, 2.75) is 58.2 Å². The lowest BCUT2D eigenvalue weighted by atomic mass is 10.2. The number of nitrogens with one attached hydrogen (secondary N) is 2. The van der Waals surface area contributed by atoms with Crippen molar-refractivity contribution < 1.29 is 9.21 Å². The topological polar surface area (TPSA) is 67.2 Å². The molecule has 1 fully saturated rings. The summed E-state index contributed by atoms with van der Waals surface area (Å²) in [4.78, 5) is 16.0. The highest BCUT2D eigenvalue weighted by atomic mass is 16.4. The summed E-state index contributed by atoms with van der Waals surface area (Å²) in [6.45, 7) is 4.19. The maximum Gasteiger partial charge on any atom is 0.237 e. The largest absolute Gasteiger partial charge is 0.445 e. The molecular formula is C13H21N3O2. The second kappa shape index (κ2) is 6.00. The molecule has 100 valence electrons. The second-order valence-electron chi connectivity index (χ2n) is 4.96. The monoisotopic (exact) mass is 251 g/mol. The van der Waals surface area contributed by atoms with E-state index in [0.29, 0.717) is 18.5 Å². The Morgan fingerprint density at radius 2 is 2.28 bits per heavy atom. The molecule has 5 nitrogen and oxygen atoms in total. The van der Waals surface area contributed by atoms with E-state index in [1.807, 2.05) is 13.8 Å². The zero-order valence-electron chi connectivity index (χ0n) is 11.0. The van der Waals surface area contributed by atoms with Crippen LogP contribution in [0.15, 0.2) is 10.6 Å². The van der Waals surface area contributed by atoms with Crippen LogP contribution in [0.3, 0.4) is 0 Å². The second-order valence-corrected chi connectivity index (χ2v) is 4.96. The van der Waals surface area contributed by atoms with E-state index in [9.17, 15) is 4.79 Å². The van der Waals surface area contributed by atoms with Gasteiger partial charge in [0.2, 0.25) is 11.8 Å². The van der Waals surface area contributed by atoms with Crippen LogP contribution in [0.4, 0.5) is 0 Å². The Balaban J connectivity index is 1.73. The number of hydrogen-bond donors (Lipinski definition) is 2. The number of carbonyl (C=O) groups is 1. The van der Waals surface area contributed by atoms with Crippen molar-refractivity contribution in [1.82, 2.24) is 15.6 Å². The summed E-state index contributed by atoms with van der Waals surface area (Å²) in [5.41, 5.74) is 0. The van der Waals surface area contributed by atoms with Crippen LogP contribution in [0.1, 0.15) is 44.3 Å². The zero-order valence-corrected chi connectivity index (χ0v) is 11.0. The minimum absolute atomic E-state index is 0.0604. The van der Waals surface area contributed by atoms with E-state index < -0.39 is 0 Å². The van der Waals surface area contributed by atoms with Gasteiger partial charge in [0.05, 0.1) is 18.8 Å². The van der Waals surface area contributed by atoms with Crippen molar-refractivity contribution in [3.05, 3.63) is 17.8 Å². The van der Waals surface area contributed by atoms with Gasteiger partial charge in [-0.25, -0.2) is 4.98 Å². The molecule has 2 rings (SSSR count). The minimum atomic E-state index is -0.224. The number of amides is 1. The smallest absolute Gasteiger partial charge is 0.237 e. The van der Waals surface area contributed by atoms with Crippen LogP contribution in [-0.2, 0) is 11.3 Å². The fourth-order valence-electron chi connectivity index (χ4n) is 2.21. The summed E-state index contributed by atoms with van der Waals surface area (Å²) in [5, 5.41) is 6.19. The molecule has 1 aliphatic rings. The number of nitrogens with zero attached hydrogens (tertiary/aromatic N) is 1. The van der Waals surface area contributed by atoms with Gasteiger partial charge in [-0.3, -0.25) is 10.1 Å². The molecule has 1 heterocycles. The van der Waals surface area contributed by atoms with Gasteiger partial charge in [-0.2, -0.15) is 0 Å². The van der Waals surface area contributed by atoms with Crippen molar-refractivity contribution in [2.24, 2.45) is 0 Å². The Kier molecular flexibility index (Phi) is 4.36. The third kappa shape index (κ3) is 3.57. The third-order valence-corrected chi connectivity index (χ3v) is 3.32. The number of hydrogen-bond acceptors (Lipinski definition) is 4. The number of rotatable bonds is 5. The highest BCUT2D eigenvalue weighted by Gasteiger charge is 2.20. The Bertz CT molecular complexity index is 397. The molecule has 1 amide bonds. The van der Waals surface area contributed by atoms with Crippen molar-refractivity contribution in [2.75, 3.05) is 0 Å². The average Bonchev–Trinajstić information content (AvgIpc) is 2.97. The standard InChI is InChI=1S/C13H21N3O2/c1-9-7-15-12(18-9)8-14-10(2)13(17)16-11-5-3-4-6-11/h7,10-11,14H,3-6,8H2,1-2H3,(H,16,17). The molecule has 0 saturated heterocycles. The summed E-state index contributed by atoms with van der Waals surface area (Å²) >= 11 is 0. The molecule has 0 aromatic carbocycles. The van der Waals surface area contributed by atoms with Gasteiger partial charge in [0.15, 0.2) is 0 Å². The van der Waals surface area contributed by atoms with Crippen molar-refractivity contribution in [3.63, 3.8) is 0 Å². The molecule has 0 spiro atoms. The highest BCUT2D eigenvalue weighted by Crippen LogP contribution is 2.17. The summed E-state index contributed by atoms with van der Waals surface area (Å²) in [6.07, 6.45) is 6.35. The molecule has 1 atom stereocenters. The van der Waals surface area contributed by atoms with E-state index in [-0.39, 0.29) is 11.9 Å². The lowest BCUT2D eigenvalue weighted by Gasteiger charge is -2.17. The quantitative estimate of drug-likeness (QED) is 0.832. The van der Waals surface area contributed by atoms with Gasteiger partial charge in [0.25, 0.3) is 0 Å². The van der Waals surface area contributed by atoms with Gasteiger partial charge in [-0.05, 0) is 26.7 Å². The molecule has 0 aliphatic heterocycles. The molecule has 2 N–H and O–H groups in total. The third-order valence-electron chi connectivity index (χ3n) is 3.32. The number of carbonyl (C=O) groups excluding carboxylic acids is 1. The van der Waals surface area contributed by atoms with Gasteiger partial charge in [0.1, 0.15) is 5.76 Å². The predicted molar refractivity (Wildman–Crippen MR) is 67.9 cm³/mol. The predicted octanol–water partition coefficient (Wildman–Crippen LogP) is 1.52. The first kappa shape index (κ1) is 13.1. The van der Waals surface area contributed by atoms with Gasteiger partial charge in [-0.15, -0.1) is 0 Å². The highest BCUT2D eigenvalue weighted by molar-refractivity contribution is 5.81. The van der Waals surface area contributed by atoms with Crippen LogP contribution < -0.4 is 10.6 Å². The Morgan fingerprint density at radius 3 is 2.89 bits per heavy atom. The van der Waals surface area contributed by atoms with E-state index in [1.165, 1.54) is 12.8 Å². The molecule has 0 radical (unpaired) electrons. The molecule has 1 aromatic rings. The van der Waals surface area contributed by atoms with E-state index in [0.717, 1.165) is 18.6 Å². The van der Waals surface area contributed by atoms with Crippen LogP contribution >= 0.6 is 0 Å². The van der Waals surface area contributed by atoms with Crippen LogP contribution in [0.25, 0.3) is 0 Å². The molecule has 1 aromatic heterocycles. The first-order valence-corrected chi connectivity index (χ1v) is 6.60. The first-order chi connectivity index (χ1) is 8.65. The van der Waals surface area contributed by atoms with Crippen molar-refractivity contribution in [3.8, 4) is 0 Å². The Hall–Kier alpha value is -1.36. The van der Waals surface area contributed by atoms with E-state index in [2.05, 4.69) is 15.6 Å². The van der Waals surface area contributed by atoms with Gasteiger partial charge in [-0.1, -0.05) is 12.8 Å². The lowest BCUT2D eigenvalue weighted by molar-refractivity contribution is -0.123. The van der Waals surface area contributed by atoms with Crippen LogP contribution in [0.2, 0.25) is 0 Å². The molecule has 1 aliphatic carbocycles. The molecular weight excluding hydrogens is 230 g/mol. The summed E-state index contributed by atoms with van der Waals surface area (Å²) < 4.78 is 5.34. The fraction of sp³-hybridized carbons (Fsp3) is 0.692. The summed E-state index contributed by atoms with van der Waals surface area (Å²) in [5.74, 6) is 1.47. The maximum absolute atomic E-state index is 11.9. The van der Waals surface area contributed by atoms with Gasteiger partial charge >= 0.3 is 0 Å². The SMILES string of the molecule is Cc1cnc(CNC(C)C(=O)NC2CCCC2)o1. The first-order valence-electron chi connectivity index (χ1n) is 6.60. The van der Waals surface area contributed by atoms with Gasteiger partial charge in [0, 0.05) is 6.04 Å². The summed E-state index contributed by atoms with van der Waals surface area (Å²) in [7, 11) is 0. The Labute approximate surface area is 107 Å². The molecule has 1 unspecified atom stereocenters. The van der Waals surface area contributed by atoms with Crippen LogP contribution in [0.5, 0.6) is 0 Å². The molecule has 0 bridgehead atoms. The zero-order chi connectivity index (χ0) is 13.0. The molecule has 18 heavy (non-hydrogen) atoms. The number of aromatic nitrogens is 1. The van der Waals surface area contributed by atoms with Crippen molar-refractivity contribution >= 4 is 5.91 Å². The molecule has 5 heteroatoms. The van der Waals surface area contributed by atoms with Crippen molar-refractivity contribution in [1.29, 1.82) is 0 Å². The number of aryl methyl sites for hydroxylation is 1. The summed E-state index contributed by atoms with van der Waals surface area (Å²) in [6, 6.07) is 0.142. The van der Waals surface area contributed by atoms with Gasteiger partial charge < -0.3 is 9.73 Å². The Morgan fingerprint density at radius 1 is 1.56 bits per heavy atom. The fourth-order valence-corrected chi connectivity index (χ4v) is 2.21. The van der Waals surface area contributed by atoms with Crippen LogP contribution in [-0.4, -0.2) is 23.0 Å². The van der Waals surface area contributed by atoms with E-state index >= 15 is 0 Å². The maximum atomic E-state index is 11.9. The average molecular weight is 251 g/mol. The molecule has 1 saturated carbocycles. The van der Waals surface area contributed by atoms with Crippen LogP contribution in [0, 0.1) is 6.92 Å². The lowest BCUT2D eigenvalue weighted by Crippen LogP contribution is -2.45.